The molecule has 0 aliphatic heterocycles. The predicted molar refractivity (Wildman–Crippen MR) is 70.6 cm³/mol. The number of nitrogens with zero attached hydrogens (tertiary/aromatic N) is 2. The van der Waals surface area contributed by atoms with Gasteiger partial charge in [0, 0.05) is 17.7 Å². The number of hydrogen-bond donors (Lipinski definition) is 0. The van der Waals surface area contributed by atoms with Crippen LogP contribution >= 0.6 is 11.6 Å². The van der Waals surface area contributed by atoms with Crippen molar-refractivity contribution >= 4 is 17.7 Å². The van der Waals surface area contributed by atoms with Crippen molar-refractivity contribution in [3.05, 3.63) is 34.9 Å². The maximum atomic E-state index is 5.85. The van der Waals surface area contributed by atoms with Gasteiger partial charge in [0.05, 0.1) is 18.6 Å². The van der Waals surface area contributed by atoms with Gasteiger partial charge in [-0.1, -0.05) is 13.8 Å². The Bertz CT molecular complexity index is 376. The van der Waals surface area contributed by atoms with Crippen LogP contribution in [0.25, 0.3) is 6.08 Å². The van der Waals surface area contributed by atoms with Crippen molar-refractivity contribution in [2.75, 3.05) is 6.61 Å². The topological polar surface area (TPSA) is 35.0 Å². The van der Waals surface area contributed by atoms with Gasteiger partial charge in [-0.25, -0.2) is 9.97 Å². The van der Waals surface area contributed by atoms with E-state index in [4.69, 9.17) is 16.3 Å². The minimum atomic E-state index is 0.285. The summed E-state index contributed by atoms with van der Waals surface area (Å²) in [5.41, 5.74) is 1.87. The minimum Gasteiger partial charge on any atom is -0.501 e. The molecule has 1 heterocycles. The van der Waals surface area contributed by atoms with E-state index in [-0.39, 0.29) is 5.28 Å². The van der Waals surface area contributed by atoms with Crippen molar-refractivity contribution in [2.24, 2.45) is 0 Å². The second kappa shape index (κ2) is 7.28. The van der Waals surface area contributed by atoms with E-state index >= 15 is 0 Å². The first-order valence-corrected chi connectivity index (χ1v) is 6.26. The Morgan fingerprint density at radius 2 is 2.06 bits per heavy atom. The monoisotopic (exact) mass is 253 g/mol. The van der Waals surface area contributed by atoms with E-state index in [0.29, 0.717) is 6.61 Å². The lowest BCUT2D eigenvalue weighted by Crippen LogP contribution is -2.04. The van der Waals surface area contributed by atoms with Crippen molar-refractivity contribution < 1.29 is 4.74 Å². The molecule has 0 aliphatic carbocycles. The first-order chi connectivity index (χ1) is 8.22. The average Bonchev–Trinajstić information content (AvgIpc) is 2.33. The quantitative estimate of drug-likeness (QED) is 0.570. The molecule has 0 unspecified atom stereocenters. The third kappa shape index (κ3) is 4.00. The lowest BCUT2D eigenvalue weighted by atomic mass is 9.96. The summed E-state index contributed by atoms with van der Waals surface area (Å²) in [6, 6.07) is 0. The van der Waals surface area contributed by atoms with Crippen LogP contribution in [0.5, 0.6) is 0 Å². The van der Waals surface area contributed by atoms with Gasteiger partial charge in [-0.3, -0.25) is 0 Å². The van der Waals surface area contributed by atoms with Gasteiger partial charge in [-0.2, -0.15) is 0 Å². The maximum absolute atomic E-state index is 5.85. The van der Waals surface area contributed by atoms with Gasteiger partial charge in [0.15, 0.2) is 0 Å². The number of aromatic nitrogens is 2. The van der Waals surface area contributed by atoms with E-state index in [0.717, 1.165) is 24.1 Å². The second-order valence-electron chi connectivity index (χ2n) is 3.51. The number of rotatable bonds is 6. The summed E-state index contributed by atoms with van der Waals surface area (Å²) < 4.78 is 5.19. The Labute approximate surface area is 108 Å². The molecule has 0 spiro atoms. The van der Waals surface area contributed by atoms with E-state index in [1.165, 1.54) is 5.92 Å². The average molecular weight is 254 g/mol. The molecule has 4 heteroatoms. The fourth-order valence-corrected chi connectivity index (χ4v) is 1.71. The van der Waals surface area contributed by atoms with Crippen LogP contribution in [0.1, 0.15) is 44.9 Å². The Morgan fingerprint density at radius 1 is 1.35 bits per heavy atom. The number of ether oxygens (including phenoxy) is 1. The van der Waals surface area contributed by atoms with Crippen LogP contribution in [-0.4, -0.2) is 16.6 Å². The predicted octanol–water partition coefficient (Wildman–Crippen LogP) is 3.88. The standard InChI is InChI=1S/C13H18ClN2O/c1-4-10(5-2)12-11(7-8-17-6-3)9-15-13(14)16-12/h7-9H,4-6H2,1-3H3/b8-7-. The maximum Gasteiger partial charge on any atom is 0.222 e. The fraction of sp³-hybridized carbons (Fsp3) is 0.462. The molecule has 1 rings (SSSR count). The molecule has 0 saturated heterocycles. The summed E-state index contributed by atoms with van der Waals surface area (Å²) in [4.78, 5) is 8.31. The van der Waals surface area contributed by atoms with Crippen molar-refractivity contribution in [3.63, 3.8) is 0 Å². The van der Waals surface area contributed by atoms with Gasteiger partial charge in [-0.15, -0.1) is 0 Å². The van der Waals surface area contributed by atoms with E-state index in [1.54, 1.807) is 12.5 Å². The van der Waals surface area contributed by atoms with Crippen LogP contribution < -0.4 is 0 Å². The van der Waals surface area contributed by atoms with E-state index in [9.17, 15) is 0 Å². The molecule has 0 bridgehead atoms. The highest BCUT2D eigenvalue weighted by Gasteiger charge is 2.14. The number of halogens is 1. The lowest BCUT2D eigenvalue weighted by Gasteiger charge is -2.13. The van der Waals surface area contributed by atoms with Gasteiger partial charge in [0.2, 0.25) is 5.28 Å². The molecule has 0 atom stereocenters. The van der Waals surface area contributed by atoms with Crippen LogP contribution in [0.3, 0.4) is 0 Å². The molecule has 0 aromatic carbocycles. The summed E-state index contributed by atoms with van der Waals surface area (Å²) >= 11 is 5.85. The molecule has 3 nitrogen and oxygen atoms in total. The summed E-state index contributed by atoms with van der Waals surface area (Å²) in [6.45, 7) is 6.83. The first-order valence-electron chi connectivity index (χ1n) is 5.88. The molecule has 0 fully saturated rings. The summed E-state index contributed by atoms with van der Waals surface area (Å²) in [6.07, 6.45) is 7.18. The van der Waals surface area contributed by atoms with E-state index in [1.807, 2.05) is 13.0 Å². The van der Waals surface area contributed by atoms with Gasteiger partial charge in [0.25, 0.3) is 0 Å². The van der Waals surface area contributed by atoms with Gasteiger partial charge >= 0.3 is 0 Å². The molecule has 0 N–H and O–H groups in total. The molecule has 0 saturated carbocycles. The summed E-state index contributed by atoms with van der Waals surface area (Å²) in [7, 11) is 0. The van der Waals surface area contributed by atoms with Crippen LogP contribution in [0, 0.1) is 5.92 Å². The molecule has 1 radical (unpaired) electrons. The third-order valence-electron chi connectivity index (χ3n) is 2.49. The highest BCUT2D eigenvalue weighted by Crippen LogP contribution is 2.24. The highest BCUT2D eigenvalue weighted by molar-refractivity contribution is 6.28. The van der Waals surface area contributed by atoms with Crippen molar-refractivity contribution in [3.8, 4) is 0 Å². The van der Waals surface area contributed by atoms with Crippen LogP contribution in [-0.2, 0) is 4.74 Å². The van der Waals surface area contributed by atoms with Crippen molar-refractivity contribution in [2.45, 2.75) is 33.6 Å². The number of hydrogen-bond acceptors (Lipinski definition) is 3. The van der Waals surface area contributed by atoms with Gasteiger partial charge in [0.1, 0.15) is 0 Å². The summed E-state index contributed by atoms with van der Waals surface area (Å²) in [5.74, 6) is 1.27. The lowest BCUT2D eigenvalue weighted by molar-refractivity contribution is 0.272. The molecule has 1 aromatic rings. The Balaban J connectivity index is 3.02. The Hall–Kier alpha value is -1.09. The zero-order chi connectivity index (χ0) is 12.7. The largest absolute Gasteiger partial charge is 0.501 e. The highest BCUT2D eigenvalue weighted by atomic mass is 35.5. The van der Waals surface area contributed by atoms with Crippen molar-refractivity contribution in [1.29, 1.82) is 0 Å². The zero-order valence-corrected chi connectivity index (χ0v) is 11.3. The van der Waals surface area contributed by atoms with E-state index in [2.05, 4.69) is 23.8 Å². The normalized spacial score (nSPS) is 11.4. The second-order valence-corrected chi connectivity index (χ2v) is 3.85. The van der Waals surface area contributed by atoms with Gasteiger partial charge in [-0.05, 0) is 37.4 Å². The molecule has 0 amide bonds. The van der Waals surface area contributed by atoms with Crippen molar-refractivity contribution in [1.82, 2.24) is 9.97 Å². The van der Waals surface area contributed by atoms with Crippen LogP contribution in [0.15, 0.2) is 12.5 Å². The Kier molecular flexibility index (Phi) is 5.98. The molecule has 17 heavy (non-hydrogen) atoms. The third-order valence-corrected chi connectivity index (χ3v) is 2.67. The van der Waals surface area contributed by atoms with E-state index < -0.39 is 0 Å². The molecular formula is C13H18ClN2O. The van der Waals surface area contributed by atoms with Crippen LogP contribution in [0.2, 0.25) is 5.28 Å². The molecule has 93 valence electrons. The zero-order valence-electron chi connectivity index (χ0n) is 10.5. The SMILES string of the molecule is CCO/C=C\c1cnc(Cl)nc1[C](CC)CC. The minimum absolute atomic E-state index is 0.285. The molecule has 1 aromatic heterocycles. The summed E-state index contributed by atoms with van der Waals surface area (Å²) in [5, 5.41) is 0.285. The first kappa shape index (κ1) is 14.0. The smallest absolute Gasteiger partial charge is 0.222 e. The van der Waals surface area contributed by atoms with Crippen LogP contribution in [0.4, 0.5) is 0 Å². The molecular weight excluding hydrogens is 236 g/mol. The fourth-order valence-electron chi connectivity index (χ4n) is 1.58. The Morgan fingerprint density at radius 3 is 2.65 bits per heavy atom. The van der Waals surface area contributed by atoms with Gasteiger partial charge < -0.3 is 4.74 Å². The molecule has 0 aliphatic rings.